The van der Waals surface area contributed by atoms with Gasteiger partial charge in [-0.05, 0) is 30.7 Å². The third-order valence-corrected chi connectivity index (χ3v) is 4.80. The lowest BCUT2D eigenvalue weighted by Gasteiger charge is -2.10. The van der Waals surface area contributed by atoms with Crippen molar-refractivity contribution in [3.63, 3.8) is 0 Å². The molecule has 4 aromatic rings. The van der Waals surface area contributed by atoms with Gasteiger partial charge in [0.25, 0.3) is 5.91 Å². The monoisotopic (exact) mass is 389 g/mol. The summed E-state index contributed by atoms with van der Waals surface area (Å²) in [7, 11) is 1.61. The lowest BCUT2D eigenvalue weighted by molar-refractivity contribution is 0.0946. The first kappa shape index (κ1) is 19.0. The van der Waals surface area contributed by atoms with Crippen LogP contribution in [0.5, 0.6) is 5.75 Å². The molecule has 2 aromatic heterocycles. The van der Waals surface area contributed by atoms with E-state index in [1.807, 2.05) is 55.5 Å². The summed E-state index contributed by atoms with van der Waals surface area (Å²) in [5.41, 5.74) is 4.08. The molecule has 4 rings (SSSR count). The molecule has 0 atom stereocenters. The highest BCUT2D eigenvalue weighted by molar-refractivity contribution is 6.11. The molecule has 0 saturated heterocycles. The van der Waals surface area contributed by atoms with E-state index < -0.39 is 0 Å². The molecule has 0 aliphatic rings. The molecule has 2 N–H and O–H groups in total. The topological polar surface area (TPSA) is 76.2 Å². The molecule has 148 valence electrons. The number of aromatic nitrogens is 2. The standard InChI is InChI=1S/C23H23N3O3/c1-3-24-23(27)22-18(14-28-2)21-17-11-16(29-13-15-7-5-4-6-8-15)9-10-19(17)26-20(21)12-25-22/h4-12,26H,3,13-14H2,1-2H3,(H,24,27). The van der Waals surface area contributed by atoms with Gasteiger partial charge in [0.2, 0.25) is 0 Å². The van der Waals surface area contributed by atoms with E-state index in [0.29, 0.717) is 25.5 Å². The smallest absolute Gasteiger partial charge is 0.270 e. The molecule has 29 heavy (non-hydrogen) atoms. The highest BCUT2D eigenvalue weighted by Crippen LogP contribution is 2.32. The molecule has 0 saturated carbocycles. The first-order valence-corrected chi connectivity index (χ1v) is 9.58. The van der Waals surface area contributed by atoms with Gasteiger partial charge in [-0.3, -0.25) is 4.79 Å². The average Bonchev–Trinajstić information content (AvgIpc) is 3.12. The number of hydrogen-bond acceptors (Lipinski definition) is 4. The van der Waals surface area contributed by atoms with Crippen LogP contribution in [0.4, 0.5) is 0 Å². The Morgan fingerprint density at radius 1 is 1.10 bits per heavy atom. The van der Waals surface area contributed by atoms with Gasteiger partial charge in [0.05, 0.1) is 18.3 Å². The van der Waals surface area contributed by atoms with Crippen LogP contribution in [0.15, 0.2) is 54.7 Å². The van der Waals surface area contributed by atoms with Gasteiger partial charge < -0.3 is 19.8 Å². The van der Waals surface area contributed by atoms with Crippen molar-refractivity contribution in [2.45, 2.75) is 20.1 Å². The van der Waals surface area contributed by atoms with E-state index in [1.165, 1.54) is 0 Å². The van der Waals surface area contributed by atoms with Crippen LogP contribution in [0.2, 0.25) is 0 Å². The Morgan fingerprint density at radius 2 is 1.93 bits per heavy atom. The SMILES string of the molecule is CCNC(=O)c1ncc2[nH]c3ccc(OCc4ccccc4)cc3c2c1COC. The molecule has 0 unspecified atom stereocenters. The molecule has 2 aromatic carbocycles. The predicted molar refractivity (Wildman–Crippen MR) is 113 cm³/mol. The summed E-state index contributed by atoms with van der Waals surface area (Å²) < 4.78 is 11.4. The number of aromatic amines is 1. The summed E-state index contributed by atoms with van der Waals surface area (Å²) in [5.74, 6) is 0.564. The minimum Gasteiger partial charge on any atom is -0.489 e. The van der Waals surface area contributed by atoms with Gasteiger partial charge in [-0.2, -0.15) is 0 Å². The van der Waals surface area contributed by atoms with Crippen molar-refractivity contribution in [1.29, 1.82) is 0 Å². The number of methoxy groups -OCH3 is 1. The van der Waals surface area contributed by atoms with Crippen molar-refractivity contribution in [2.24, 2.45) is 0 Å². The predicted octanol–water partition coefficient (Wildman–Crippen LogP) is 4.19. The Kier molecular flexibility index (Phi) is 5.44. The van der Waals surface area contributed by atoms with E-state index in [1.54, 1.807) is 13.3 Å². The summed E-state index contributed by atoms with van der Waals surface area (Å²) in [6.07, 6.45) is 1.70. The fourth-order valence-electron chi connectivity index (χ4n) is 3.49. The van der Waals surface area contributed by atoms with Crippen LogP contribution in [0, 0.1) is 0 Å². The van der Waals surface area contributed by atoms with E-state index >= 15 is 0 Å². The Hall–Kier alpha value is -3.38. The van der Waals surface area contributed by atoms with Crippen LogP contribution >= 0.6 is 0 Å². The molecule has 2 heterocycles. The third kappa shape index (κ3) is 3.79. The minimum absolute atomic E-state index is 0.202. The number of fused-ring (bicyclic) bond motifs is 3. The van der Waals surface area contributed by atoms with Crippen LogP contribution < -0.4 is 10.1 Å². The average molecular weight is 389 g/mol. The number of carbonyl (C=O) groups is 1. The molecule has 0 spiro atoms. The van der Waals surface area contributed by atoms with Gasteiger partial charge in [-0.25, -0.2) is 4.98 Å². The number of benzene rings is 2. The van der Waals surface area contributed by atoms with Crippen molar-refractivity contribution in [1.82, 2.24) is 15.3 Å². The van der Waals surface area contributed by atoms with Gasteiger partial charge in [0, 0.05) is 35.5 Å². The van der Waals surface area contributed by atoms with Crippen LogP contribution in [0.1, 0.15) is 28.5 Å². The molecular weight excluding hydrogens is 366 g/mol. The highest BCUT2D eigenvalue weighted by Gasteiger charge is 2.19. The summed E-state index contributed by atoms with van der Waals surface area (Å²) >= 11 is 0. The zero-order valence-corrected chi connectivity index (χ0v) is 16.5. The van der Waals surface area contributed by atoms with Gasteiger partial charge in [0.1, 0.15) is 18.1 Å². The van der Waals surface area contributed by atoms with Gasteiger partial charge in [-0.15, -0.1) is 0 Å². The van der Waals surface area contributed by atoms with E-state index in [9.17, 15) is 4.79 Å². The molecule has 6 nitrogen and oxygen atoms in total. The van der Waals surface area contributed by atoms with Crippen LogP contribution in [0.3, 0.4) is 0 Å². The molecule has 0 bridgehead atoms. The molecule has 0 radical (unpaired) electrons. The number of amides is 1. The minimum atomic E-state index is -0.202. The zero-order chi connectivity index (χ0) is 20.2. The van der Waals surface area contributed by atoms with E-state index in [-0.39, 0.29) is 5.91 Å². The Balaban J connectivity index is 1.78. The normalized spacial score (nSPS) is 11.1. The van der Waals surface area contributed by atoms with Crippen molar-refractivity contribution < 1.29 is 14.3 Å². The number of pyridine rings is 1. The number of H-pyrrole nitrogens is 1. The summed E-state index contributed by atoms with van der Waals surface area (Å²) in [6.45, 7) is 3.20. The third-order valence-electron chi connectivity index (χ3n) is 4.80. The van der Waals surface area contributed by atoms with Crippen LogP contribution in [-0.2, 0) is 18.0 Å². The van der Waals surface area contributed by atoms with Crippen molar-refractivity contribution >= 4 is 27.7 Å². The first-order valence-electron chi connectivity index (χ1n) is 9.58. The summed E-state index contributed by atoms with van der Waals surface area (Å²) in [4.78, 5) is 20.3. The van der Waals surface area contributed by atoms with Crippen molar-refractivity contribution in [2.75, 3.05) is 13.7 Å². The van der Waals surface area contributed by atoms with Gasteiger partial charge in [0.15, 0.2) is 0 Å². The maximum Gasteiger partial charge on any atom is 0.270 e. The van der Waals surface area contributed by atoms with Crippen molar-refractivity contribution in [3.8, 4) is 5.75 Å². The largest absolute Gasteiger partial charge is 0.489 e. The first-order chi connectivity index (χ1) is 14.2. The molecule has 1 amide bonds. The summed E-state index contributed by atoms with van der Waals surface area (Å²) in [5, 5.41) is 4.73. The number of carbonyl (C=O) groups excluding carboxylic acids is 1. The van der Waals surface area contributed by atoms with Crippen molar-refractivity contribution in [3.05, 3.63) is 71.5 Å². The second-order valence-electron chi connectivity index (χ2n) is 6.77. The Morgan fingerprint density at radius 3 is 2.69 bits per heavy atom. The highest BCUT2D eigenvalue weighted by atomic mass is 16.5. The van der Waals surface area contributed by atoms with E-state index in [4.69, 9.17) is 9.47 Å². The fraction of sp³-hybridized carbons (Fsp3) is 0.217. The van der Waals surface area contributed by atoms with Gasteiger partial charge >= 0.3 is 0 Å². The maximum atomic E-state index is 12.5. The number of nitrogens with zero attached hydrogens (tertiary/aromatic N) is 1. The lowest BCUT2D eigenvalue weighted by atomic mass is 10.1. The number of rotatable bonds is 7. The van der Waals surface area contributed by atoms with Crippen LogP contribution in [0.25, 0.3) is 21.8 Å². The molecule has 0 fully saturated rings. The molecular formula is C23H23N3O3. The molecule has 0 aliphatic carbocycles. The summed E-state index contributed by atoms with van der Waals surface area (Å²) in [6, 6.07) is 16.0. The van der Waals surface area contributed by atoms with Gasteiger partial charge in [-0.1, -0.05) is 30.3 Å². The molecule has 0 aliphatic heterocycles. The quantitative estimate of drug-likeness (QED) is 0.497. The number of hydrogen-bond donors (Lipinski definition) is 2. The second kappa shape index (κ2) is 8.32. The zero-order valence-electron chi connectivity index (χ0n) is 16.5. The Bertz CT molecular complexity index is 1150. The number of ether oxygens (including phenoxy) is 2. The van der Waals surface area contributed by atoms with E-state index in [0.717, 1.165) is 38.7 Å². The Labute approximate surface area is 168 Å². The lowest BCUT2D eigenvalue weighted by Crippen LogP contribution is -2.25. The molecule has 6 heteroatoms. The maximum absolute atomic E-state index is 12.5. The fourth-order valence-corrected chi connectivity index (χ4v) is 3.49. The van der Waals surface area contributed by atoms with Crippen LogP contribution in [-0.4, -0.2) is 29.5 Å². The second-order valence-corrected chi connectivity index (χ2v) is 6.77. The number of nitrogens with one attached hydrogen (secondary N) is 2. The van der Waals surface area contributed by atoms with E-state index in [2.05, 4.69) is 15.3 Å².